The van der Waals surface area contributed by atoms with Gasteiger partial charge in [0.25, 0.3) is 0 Å². The monoisotopic (exact) mass is 294 g/mol. The summed E-state index contributed by atoms with van der Waals surface area (Å²) in [5.74, 6) is 1.70. The predicted octanol–water partition coefficient (Wildman–Crippen LogP) is 2.49. The summed E-state index contributed by atoms with van der Waals surface area (Å²) >= 11 is 3.53. The highest BCUT2D eigenvalue weighted by molar-refractivity contribution is 9.10. The van der Waals surface area contributed by atoms with Crippen molar-refractivity contribution < 1.29 is 0 Å². The molecule has 0 atom stereocenters. The second kappa shape index (κ2) is 4.98. The van der Waals surface area contributed by atoms with Crippen LogP contribution in [0.25, 0.3) is 11.4 Å². The van der Waals surface area contributed by atoms with Crippen molar-refractivity contribution in [2.45, 2.75) is 26.9 Å². The molecule has 0 bridgehead atoms. The first-order valence-electron chi connectivity index (χ1n) is 5.56. The van der Waals surface area contributed by atoms with Gasteiger partial charge in [-0.1, -0.05) is 28.1 Å². The Morgan fingerprint density at radius 1 is 1.35 bits per heavy atom. The van der Waals surface area contributed by atoms with Crippen LogP contribution in [0.3, 0.4) is 0 Å². The van der Waals surface area contributed by atoms with E-state index >= 15 is 0 Å². The number of nitrogens with zero attached hydrogens (tertiary/aromatic N) is 3. The second-order valence-electron chi connectivity index (χ2n) is 3.80. The van der Waals surface area contributed by atoms with E-state index < -0.39 is 0 Å². The maximum atomic E-state index is 5.65. The molecule has 1 aromatic heterocycles. The molecule has 17 heavy (non-hydrogen) atoms. The van der Waals surface area contributed by atoms with E-state index in [1.807, 2.05) is 12.1 Å². The van der Waals surface area contributed by atoms with E-state index in [1.54, 1.807) is 0 Å². The van der Waals surface area contributed by atoms with Crippen molar-refractivity contribution in [2.24, 2.45) is 5.73 Å². The highest BCUT2D eigenvalue weighted by atomic mass is 79.9. The summed E-state index contributed by atoms with van der Waals surface area (Å²) < 4.78 is 3.13. The van der Waals surface area contributed by atoms with Crippen LogP contribution in [0.4, 0.5) is 0 Å². The summed E-state index contributed by atoms with van der Waals surface area (Å²) in [5, 5.41) is 8.37. The Hall–Kier alpha value is -1.20. The molecule has 0 aliphatic heterocycles. The Labute approximate surface area is 109 Å². The Morgan fingerprint density at radius 3 is 2.76 bits per heavy atom. The molecular weight excluding hydrogens is 280 g/mol. The van der Waals surface area contributed by atoms with Gasteiger partial charge >= 0.3 is 0 Å². The molecule has 0 amide bonds. The minimum absolute atomic E-state index is 0.411. The van der Waals surface area contributed by atoms with Gasteiger partial charge in [-0.2, -0.15) is 0 Å². The summed E-state index contributed by atoms with van der Waals surface area (Å²) in [6, 6.07) is 6.08. The van der Waals surface area contributed by atoms with Gasteiger partial charge in [0.15, 0.2) is 5.82 Å². The predicted molar refractivity (Wildman–Crippen MR) is 71.5 cm³/mol. The van der Waals surface area contributed by atoms with Crippen LogP contribution in [0.1, 0.15) is 18.3 Å². The first-order chi connectivity index (χ1) is 8.19. The third-order valence-electron chi connectivity index (χ3n) is 2.83. The summed E-state index contributed by atoms with van der Waals surface area (Å²) in [6.07, 6.45) is 0. The molecule has 1 heterocycles. The van der Waals surface area contributed by atoms with Gasteiger partial charge in [0.05, 0.1) is 6.54 Å². The van der Waals surface area contributed by atoms with Gasteiger partial charge in [-0.3, -0.25) is 0 Å². The van der Waals surface area contributed by atoms with Gasteiger partial charge in [-0.15, -0.1) is 10.2 Å². The van der Waals surface area contributed by atoms with Crippen LogP contribution >= 0.6 is 15.9 Å². The summed E-state index contributed by atoms with van der Waals surface area (Å²) in [7, 11) is 0. The van der Waals surface area contributed by atoms with Gasteiger partial charge < -0.3 is 10.3 Å². The van der Waals surface area contributed by atoms with Gasteiger partial charge in [0.1, 0.15) is 5.82 Å². The van der Waals surface area contributed by atoms with E-state index in [1.165, 1.54) is 0 Å². The first-order valence-corrected chi connectivity index (χ1v) is 6.36. The lowest BCUT2D eigenvalue weighted by Gasteiger charge is -2.09. The fourth-order valence-corrected chi connectivity index (χ4v) is 2.23. The summed E-state index contributed by atoms with van der Waals surface area (Å²) in [5.41, 5.74) is 7.91. The van der Waals surface area contributed by atoms with Crippen molar-refractivity contribution in [2.75, 3.05) is 0 Å². The van der Waals surface area contributed by atoms with Crippen molar-refractivity contribution in [3.63, 3.8) is 0 Å². The largest absolute Gasteiger partial charge is 0.324 e. The van der Waals surface area contributed by atoms with Crippen LogP contribution in [-0.2, 0) is 13.1 Å². The SMILES string of the molecule is CCn1c(CN)nnc1-c1cccc(Br)c1C. The topological polar surface area (TPSA) is 56.7 Å². The molecule has 0 saturated carbocycles. The number of hydrogen-bond acceptors (Lipinski definition) is 3. The number of hydrogen-bond donors (Lipinski definition) is 1. The maximum absolute atomic E-state index is 5.65. The fourth-order valence-electron chi connectivity index (χ4n) is 1.87. The second-order valence-corrected chi connectivity index (χ2v) is 4.65. The third-order valence-corrected chi connectivity index (χ3v) is 3.69. The van der Waals surface area contributed by atoms with E-state index in [2.05, 4.69) is 50.6 Å². The molecule has 0 fully saturated rings. The van der Waals surface area contributed by atoms with Crippen molar-refractivity contribution in [1.82, 2.24) is 14.8 Å². The van der Waals surface area contributed by atoms with Crippen molar-refractivity contribution in [3.05, 3.63) is 34.1 Å². The Morgan fingerprint density at radius 2 is 2.12 bits per heavy atom. The van der Waals surface area contributed by atoms with E-state index in [9.17, 15) is 0 Å². The third kappa shape index (κ3) is 2.12. The molecule has 2 rings (SSSR count). The molecular formula is C12H15BrN4. The minimum Gasteiger partial charge on any atom is -0.324 e. The minimum atomic E-state index is 0.411. The van der Waals surface area contributed by atoms with Gasteiger partial charge in [0.2, 0.25) is 0 Å². The molecule has 90 valence electrons. The molecule has 2 aromatic rings. The smallest absolute Gasteiger partial charge is 0.164 e. The van der Waals surface area contributed by atoms with E-state index in [-0.39, 0.29) is 0 Å². The zero-order valence-corrected chi connectivity index (χ0v) is 11.5. The lowest BCUT2D eigenvalue weighted by Crippen LogP contribution is -2.08. The number of nitrogens with two attached hydrogens (primary N) is 1. The Kier molecular flexibility index (Phi) is 3.59. The van der Waals surface area contributed by atoms with Crippen LogP contribution in [0, 0.1) is 6.92 Å². The van der Waals surface area contributed by atoms with Crippen molar-refractivity contribution in [3.8, 4) is 11.4 Å². The molecule has 0 unspecified atom stereocenters. The van der Waals surface area contributed by atoms with Gasteiger partial charge in [0, 0.05) is 16.6 Å². The molecule has 5 heteroatoms. The quantitative estimate of drug-likeness (QED) is 0.946. The summed E-state index contributed by atoms with van der Waals surface area (Å²) in [6.45, 7) is 5.37. The van der Waals surface area contributed by atoms with Crippen LogP contribution in [0.15, 0.2) is 22.7 Å². The fraction of sp³-hybridized carbons (Fsp3) is 0.333. The van der Waals surface area contributed by atoms with Gasteiger partial charge in [-0.25, -0.2) is 0 Å². The van der Waals surface area contributed by atoms with E-state index in [0.29, 0.717) is 6.54 Å². The van der Waals surface area contributed by atoms with Crippen LogP contribution in [0.5, 0.6) is 0 Å². The average Bonchev–Trinajstić information content (AvgIpc) is 2.75. The number of benzene rings is 1. The van der Waals surface area contributed by atoms with E-state index in [0.717, 1.165) is 33.8 Å². The zero-order chi connectivity index (χ0) is 12.4. The maximum Gasteiger partial charge on any atom is 0.164 e. The standard InChI is InChI=1S/C12H15BrN4/c1-3-17-11(7-14)15-16-12(17)9-5-4-6-10(13)8(9)2/h4-6H,3,7,14H2,1-2H3. The molecule has 2 N–H and O–H groups in total. The Bertz CT molecular complexity index is 533. The molecule has 0 spiro atoms. The number of halogens is 1. The lowest BCUT2D eigenvalue weighted by molar-refractivity contribution is 0.704. The van der Waals surface area contributed by atoms with Gasteiger partial charge in [-0.05, 0) is 25.5 Å². The Balaban J connectivity index is 2.60. The molecule has 0 aliphatic rings. The molecule has 4 nitrogen and oxygen atoms in total. The van der Waals surface area contributed by atoms with Crippen molar-refractivity contribution >= 4 is 15.9 Å². The average molecular weight is 295 g/mol. The summed E-state index contributed by atoms with van der Waals surface area (Å²) in [4.78, 5) is 0. The first kappa shape index (κ1) is 12.3. The normalized spacial score (nSPS) is 10.8. The van der Waals surface area contributed by atoms with Crippen LogP contribution < -0.4 is 5.73 Å². The molecule has 0 aliphatic carbocycles. The highest BCUT2D eigenvalue weighted by Gasteiger charge is 2.14. The number of aromatic nitrogens is 3. The van der Waals surface area contributed by atoms with E-state index in [4.69, 9.17) is 5.73 Å². The molecule has 0 saturated heterocycles. The zero-order valence-electron chi connectivity index (χ0n) is 9.94. The highest BCUT2D eigenvalue weighted by Crippen LogP contribution is 2.27. The van der Waals surface area contributed by atoms with Crippen LogP contribution in [-0.4, -0.2) is 14.8 Å². The molecule has 0 radical (unpaired) electrons. The molecule has 1 aromatic carbocycles. The van der Waals surface area contributed by atoms with Crippen molar-refractivity contribution in [1.29, 1.82) is 0 Å². The number of rotatable bonds is 3. The van der Waals surface area contributed by atoms with Crippen LogP contribution in [0.2, 0.25) is 0 Å². The lowest BCUT2D eigenvalue weighted by atomic mass is 10.1.